The van der Waals surface area contributed by atoms with Crippen LogP contribution in [0.1, 0.15) is 22.5 Å². The first-order chi connectivity index (χ1) is 12.3. The SMILES string of the molecule is Cc1ccc(N2CCN(C(=O)Cc3c(C)nc(N)nc3C)CC2=O)cc1. The number of rotatable bonds is 3. The first kappa shape index (κ1) is 17.8. The highest BCUT2D eigenvalue weighted by atomic mass is 16.2. The Bertz CT molecular complexity index is 825. The molecule has 2 aromatic rings. The van der Waals surface area contributed by atoms with E-state index >= 15 is 0 Å². The van der Waals surface area contributed by atoms with Crippen molar-refractivity contribution in [2.45, 2.75) is 27.2 Å². The van der Waals surface area contributed by atoms with E-state index in [9.17, 15) is 9.59 Å². The third-order valence-electron chi connectivity index (χ3n) is 4.69. The van der Waals surface area contributed by atoms with E-state index in [4.69, 9.17) is 5.73 Å². The quantitative estimate of drug-likeness (QED) is 0.900. The lowest BCUT2D eigenvalue weighted by Gasteiger charge is -2.34. The van der Waals surface area contributed by atoms with E-state index in [0.717, 1.165) is 16.8 Å². The normalized spacial score (nSPS) is 14.7. The van der Waals surface area contributed by atoms with Gasteiger partial charge in [0.2, 0.25) is 17.8 Å². The van der Waals surface area contributed by atoms with Crippen molar-refractivity contribution in [3.8, 4) is 0 Å². The van der Waals surface area contributed by atoms with Gasteiger partial charge in [-0.25, -0.2) is 9.97 Å². The highest BCUT2D eigenvalue weighted by Gasteiger charge is 2.28. The van der Waals surface area contributed by atoms with Crippen molar-refractivity contribution >= 4 is 23.5 Å². The van der Waals surface area contributed by atoms with Crippen LogP contribution < -0.4 is 10.6 Å². The van der Waals surface area contributed by atoms with E-state index < -0.39 is 0 Å². The van der Waals surface area contributed by atoms with E-state index in [1.807, 2.05) is 45.0 Å². The summed E-state index contributed by atoms with van der Waals surface area (Å²) in [5.74, 6) is 0.0371. The third-order valence-corrected chi connectivity index (χ3v) is 4.69. The molecule has 0 spiro atoms. The predicted octanol–water partition coefficient (Wildman–Crippen LogP) is 1.40. The first-order valence-electron chi connectivity index (χ1n) is 8.59. The number of aryl methyl sites for hydroxylation is 3. The standard InChI is InChI=1S/C19H23N5O2/c1-12-4-6-15(7-5-12)24-9-8-23(11-18(24)26)17(25)10-16-13(2)21-19(20)22-14(16)3/h4-7H,8-11H2,1-3H3,(H2,20,21,22). The Labute approximate surface area is 152 Å². The van der Waals surface area contributed by atoms with Crippen LogP contribution in [0.2, 0.25) is 0 Å². The van der Waals surface area contributed by atoms with Crippen LogP contribution in [0.4, 0.5) is 11.6 Å². The maximum absolute atomic E-state index is 12.7. The summed E-state index contributed by atoms with van der Waals surface area (Å²) in [4.78, 5) is 36.8. The number of hydrogen-bond acceptors (Lipinski definition) is 5. The zero-order valence-electron chi connectivity index (χ0n) is 15.3. The number of benzene rings is 1. The molecule has 2 amide bonds. The van der Waals surface area contributed by atoms with Crippen LogP contribution in [0.15, 0.2) is 24.3 Å². The molecule has 3 rings (SSSR count). The van der Waals surface area contributed by atoms with Crippen LogP contribution in [0, 0.1) is 20.8 Å². The Balaban J connectivity index is 1.68. The molecule has 0 radical (unpaired) electrons. The van der Waals surface area contributed by atoms with Gasteiger partial charge in [0.15, 0.2) is 0 Å². The number of piperazine rings is 1. The Morgan fingerprint density at radius 2 is 1.69 bits per heavy atom. The van der Waals surface area contributed by atoms with Gasteiger partial charge in [-0.15, -0.1) is 0 Å². The van der Waals surface area contributed by atoms with Crippen molar-refractivity contribution in [1.82, 2.24) is 14.9 Å². The Hall–Kier alpha value is -2.96. The number of carbonyl (C=O) groups excluding carboxylic acids is 2. The van der Waals surface area contributed by atoms with Crippen molar-refractivity contribution in [3.05, 3.63) is 46.8 Å². The maximum atomic E-state index is 12.7. The van der Waals surface area contributed by atoms with Gasteiger partial charge in [-0.3, -0.25) is 9.59 Å². The van der Waals surface area contributed by atoms with E-state index in [0.29, 0.717) is 24.5 Å². The van der Waals surface area contributed by atoms with Crippen molar-refractivity contribution in [3.63, 3.8) is 0 Å². The summed E-state index contributed by atoms with van der Waals surface area (Å²) in [6, 6.07) is 7.83. The van der Waals surface area contributed by atoms with Crippen LogP contribution in [0.25, 0.3) is 0 Å². The molecule has 1 saturated heterocycles. The fourth-order valence-corrected chi connectivity index (χ4v) is 3.17. The average molecular weight is 353 g/mol. The number of nitrogens with two attached hydrogens (primary N) is 1. The third kappa shape index (κ3) is 3.66. The van der Waals surface area contributed by atoms with E-state index in [1.165, 1.54) is 0 Å². The molecule has 1 aromatic carbocycles. The number of nitrogens with zero attached hydrogens (tertiary/aromatic N) is 4. The van der Waals surface area contributed by atoms with Gasteiger partial charge in [-0.2, -0.15) is 0 Å². The largest absolute Gasteiger partial charge is 0.368 e. The second-order valence-corrected chi connectivity index (χ2v) is 6.60. The van der Waals surface area contributed by atoms with Crippen molar-refractivity contribution in [1.29, 1.82) is 0 Å². The number of carbonyl (C=O) groups is 2. The molecule has 0 bridgehead atoms. The lowest BCUT2D eigenvalue weighted by Crippen LogP contribution is -2.52. The summed E-state index contributed by atoms with van der Waals surface area (Å²) in [5.41, 5.74) is 9.82. The number of hydrogen-bond donors (Lipinski definition) is 1. The fraction of sp³-hybridized carbons (Fsp3) is 0.368. The van der Waals surface area contributed by atoms with E-state index in [2.05, 4.69) is 9.97 Å². The molecule has 2 heterocycles. The van der Waals surface area contributed by atoms with Crippen LogP contribution in [0.3, 0.4) is 0 Å². The minimum atomic E-state index is -0.0959. The zero-order chi connectivity index (χ0) is 18.8. The summed E-state index contributed by atoms with van der Waals surface area (Å²) < 4.78 is 0. The van der Waals surface area contributed by atoms with Crippen LogP contribution in [-0.4, -0.2) is 46.3 Å². The molecule has 1 aromatic heterocycles. The van der Waals surface area contributed by atoms with Crippen molar-refractivity contribution < 1.29 is 9.59 Å². The summed E-state index contributed by atoms with van der Waals surface area (Å²) >= 11 is 0. The molecule has 0 atom stereocenters. The van der Waals surface area contributed by atoms with Gasteiger partial charge in [0.05, 0.1) is 6.42 Å². The molecule has 136 valence electrons. The van der Waals surface area contributed by atoms with Gasteiger partial charge in [0.25, 0.3) is 0 Å². The van der Waals surface area contributed by atoms with Gasteiger partial charge < -0.3 is 15.5 Å². The van der Waals surface area contributed by atoms with Gasteiger partial charge in [-0.05, 0) is 32.9 Å². The highest BCUT2D eigenvalue weighted by molar-refractivity contribution is 5.98. The zero-order valence-corrected chi connectivity index (χ0v) is 15.3. The monoisotopic (exact) mass is 353 g/mol. The molecule has 7 heteroatoms. The lowest BCUT2D eigenvalue weighted by molar-refractivity contribution is -0.136. The molecule has 1 aliphatic heterocycles. The first-order valence-corrected chi connectivity index (χ1v) is 8.59. The van der Waals surface area contributed by atoms with Crippen LogP contribution >= 0.6 is 0 Å². The fourth-order valence-electron chi connectivity index (χ4n) is 3.17. The van der Waals surface area contributed by atoms with Gasteiger partial charge in [0.1, 0.15) is 6.54 Å². The summed E-state index contributed by atoms with van der Waals surface area (Å²) in [6.07, 6.45) is 0.176. The molecule has 0 saturated carbocycles. The number of aromatic nitrogens is 2. The molecule has 1 aliphatic rings. The molecule has 7 nitrogen and oxygen atoms in total. The molecule has 26 heavy (non-hydrogen) atoms. The summed E-state index contributed by atoms with van der Waals surface area (Å²) in [7, 11) is 0. The lowest BCUT2D eigenvalue weighted by atomic mass is 10.1. The van der Waals surface area contributed by atoms with E-state index in [-0.39, 0.29) is 30.7 Å². The average Bonchev–Trinajstić information content (AvgIpc) is 2.58. The Morgan fingerprint density at radius 1 is 1.08 bits per heavy atom. The minimum Gasteiger partial charge on any atom is -0.368 e. The van der Waals surface area contributed by atoms with Gasteiger partial charge >= 0.3 is 0 Å². The molecule has 1 fully saturated rings. The van der Waals surface area contributed by atoms with Crippen LogP contribution in [0.5, 0.6) is 0 Å². The topological polar surface area (TPSA) is 92.4 Å². The van der Waals surface area contributed by atoms with E-state index in [1.54, 1.807) is 9.80 Å². The maximum Gasteiger partial charge on any atom is 0.246 e. The Kier molecular flexibility index (Phi) is 4.88. The van der Waals surface area contributed by atoms with Crippen LogP contribution in [-0.2, 0) is 16.0 Å². The second kappa shape index (κ2) is 7.11. The minimum absolute atomic E-state index is 0.0737. The summed E-state index contributed by atoms with van der Waals surface area (Å²) in [6.45, 7) is 6.71. The number of anilines is 2. The molecule has 2 N–H and O–H groups in total. The van der Waals surface area contributed by atoms with Crippen molar-refractivity contribution in [2.24, 2.45) is 0 Å². The molecule has 0 aliphatic carbocycles. The van der Waals surface area contributed by atoms with Gasteiger partial charge in [-0.1, -0.05) is 17.7 Å². The molecule has 0 unspecified atom stereocenters. The highest BCUT2D eigenvalue weighted by Crippen LogP contribution is 2.19. The molecular weight excluding hydrogens is 330 g/mol. The predicted molar refractivity (Wildman–Crippen MR) is 99.7 cm³/mol. The Morgan fingerprint density at radius 3 is 2.27 bits per heavy atom. The number of nitrogen functional groups attached to an aromatic ring is 1. The summed E-state index contributed by atoms with van der Waals surface area (Å²) in [5, 5.41) is 0. The second-order valence-electron chi connectivity index (χ2n) is 6.60. The number of amides is 2. The van der Waals surface area contributed by atoms with Crippen molar-refractivity contribution in [2.75, 3.05) is 30.3 Å². The smallest absolute Gasteiger partial charge is 0.246 e. The molecular formula is C19H23N5O2. The van der Waals surface area contributed by atoms with Gasteiger partial charge in [0, 0.05) is 35.7 Å².